The highest BCUT2D eigenvalue weighted by Crippen LogP contribution is 2.25. The minimum Gasteiger partial charge on any atom is -0.463 e. The van der Waals surface area contributed by atoms with Gasteiger partial charge < -0.3 is 9.73 Å². The van der Waals surface area contributed by atoms with Crippen molar-refractivity contribution in [3.05, 3.63) is 52.4 Å². The number of nitrogens with zero attached hydrogens (tertiary/aromatic N) is 1. The van der Waals surface area contributed by atoms with Gasteiger partial charge in [-0.1, -0.05) is 23.2 Å². The van der Waals surface area contributed by atoms with Crippen LogP contribution in [-0.4, -0.2) is 17.5 Å². The highest BCUT2D eigenvalue weighted by Gasteiger charge is 2.09. The third-order valence-electron chi connectivity index (χ3n) is 3.01. The zero-order valence-corrected chi connectivity index (χ0v) is 14.3. The number of amides is 2. The first-order valence-electron chi connectivity index (χ1n) is 7.07. The number of halogens is 2. The lowest BCUT2D eigenvalue weighted by Crippen LogP contribution is -2.21. The lowest BCUT2D eigenvalue weighted by atomic mass is 10.2. The smallest absolute Gasteiger partial charge is 0.240 e. The van der Waals surface area contributed by atoms with E-state index >= 15 is 0 Å². The van der Waals surface area contributed by atoms with Crippen LogP contribution in [0.15, 0.2) is 46.1 Å². The van der Waals surface area contributed by atoms with Crippen molar-refractivity contribution in [2.45, 2.75) is 19.8 Å². The number of rotatable bonds is 6. The first-order valence-corrected chi connectivity index (χ1v) is 7.83. The maximum atomic E-state index is 11.8. The Bertz CT molecular complexity index is 758. The molecule has 0 fully saturated rings. The monoisotopic (exact) mass is 367 g/mol. The molecule has 0 aliphatic heterocycles. The van der Waals surface area contributed by atoms with E-state index in [1.807, 2.05) is 0 Å². The van der Waals surface area contributed by atoms with E-state index in [9.17, 15) is 9.59 Å². The highest BCUT2D eigenvalue weighted by molar-refractivity contribution is 6.36. The van der Waals surface area contributed by atoms with Crippen molar-refractivity contribution in [3.63, 3.8) is 0 Å². The minimum absolute atomic E-state index is 0.000107. The fraction of sp³-hybridized carbons (Fsp3) is 0.188. The van der Waals surface area contributed by atoms with Crippen LogP contribution in [0.1, 0.15) is 25.5 Å². The third-order valence-corrected chi connectivity index (χ3v) is 3.56. The van der Waals surface area contributed by atoms with E-state index in [0.717, 1.165) is 0 Å². The van der Waals surface area contributed by atoms with Crippen LogP contribution in [0.4, 0.5) is 5.69 Å². The lowest BCUT2D eigenvalue weighted by molar-refractivity contribution is -0.124. The quantitative estimate of drug-likeness (QED) is 0.600. The average molecular weight is 368 g/mol. The molecular weight excluding hydrogens is 353 g/mol. The number of nitrogens with one attached hydrogen (secondary N) is 2. The summed E-state index contributed by atoms with van der Waals surface area (Å²) >= 11 is 11.7. The number of benzene rings is 1. The molecule has 1 aromatic heterocycles. The first kappa shape index (κ1) is 18.0. The Morgan fingerprint density at radius 3 is 2.58 bits per heavy atom. The molecule has 1 aromatic carbocycles. The Morgan fingerprint density at radius 1 is 1.17 bits per heavy atom. The average Bonchev–Trinajstić information content (AvgIpc) is 3.08. The van der Waals surface area contributed by atoms with E-state index in [1.54, 1.807) is 31.2 Å². The van der Waals surface area contributed by atoms with Gasteiger partial charge in [-0.2, -0.15) is 5.10 Å². The summed E-state index contributed by atoms with van der Waals surface area (Å²) in [4.78, 5) is 23.6. The van der Waals surface area contributed by atoms with Gasteiger partial charge in [-0.05, 0) is 37.3 Å². The molecule has 0 aliphatic rings. The molecule has 2 amide bonds. The van der Waals surface area contributed by atoms with Gasteiger partial charge >= 0.3 is 0 Å². The molecule has 0 unspecified atom stereocenters. The maximum absolute atomic E-state index is 11.8. The van der Waals surface area contributed by atoms with Crippen LogP contribution in [0.25, 0.3) is 0 Å². The number of anilines is 1. The summed E-state index contributed by atoms with van der Waals surface area (Å²) in [5, 5.41) is 7.33. The molecule has 0 aliphatic carbocycles. The second kappa shape index (κ2) is 8.52. The maximum Gasteiger partial charge on any atom is 0.240 e. The van der Waals surface area contributed by atoms with Gasteiger partial charge in [0.2, 0.25) is 11.8 Å². The summed E-state index contributed by atoms with van der Waals surface area (Å²) in [5.41, 5.74) is 3.35. The van der Waals surface area contributed by atoms with Crippen molar-refractivity contribution in [1.82, 2.24) is 5.43 Å². The summed E-state index contributed by atoms with van der Waals surface area (Å²) in [6, 6.07) is 8.19. The van der Waals surface area contributed by atoms with E-state index in [0.29, 0.717) is 27.2 Å². The Morgan fingerprint density at radius 2 is 1.92 bits per heavy atom. The van der Waals surface area contributed by atoms with Gasteiger partial charge in [-0.3, -0.25) is 9.59 Å². The normalized spacial score (nSPS) is 11.2. The number of hydrogen-bond acceptors (Lipinski definition) is 4. The standard InChI is InChI=1S/C16H15Cl2N3O3/c1-10(14-3-2-8-24-14)20-21-16(23)7-6-15(22)19-13-5-4-11(17)9-12(13)18/h2-5,8-9H,6-7H2,1H3,(H,19,22)(H,21,23). The van der Waals surface area contributed by atoms with E-state index in [-0.39, 0.29) is 24.7 Å². The van der Waals surface area contributed by atoms with Gasteiger partial charge in [-0.15, -0.1) is 0 Å². The van der Waals surface area contributed by atoms with Crippen LogP contribution in [0, 0.1) is 0 Å². The molecule has 0 bridgehead atoms. The van der Waals surface area contributed by atoms with E-state index in [2.05, 4.69) is 15.8 Å². The van der Waals surface area contributed by atoms with Crippen LogP contribution in [0.3, 0.4) is 0 Å². The highest BCUT2D eigenvalue weighted by atomic mass is 35.5. The molecule has 2 rings (SSSR count). The molecular formula is C16H15Cl2N3O3. The van der Waals surface area contributed by atoms with Crippen molar-refractivity contribution >= 4 is 46.4 Å². The third kappa shape index (κ3) is 5.40. The predicted octanol–water partition coefficient (Wildman–Crippen LogP) is 3.85. The number of hydrogen-bond donors (Lipinski definition) is 2. The molecule has 24 heavy (non-hydrogen) atoms. The van der Waals surface area contributed by atoms with Crippen molar-refractivity contribution in [1.29, 1.82) is 0 Å². The van der Waals surface area contributed by atoms with Crippen molar-refractivity contribution < 1.29 is 14.0 Å². The zero-order chi connectivity index (χ0) is 17.5. The number of carbonyl (C=O) groups is 2. The molecule has 126 valence electrons. The van der Waals surface area contributed by atoms with Crippen LogP contribution < -0.4 is 10.7 Å². The molecule has 8 heteroatoms. The molecule has 0 saturated carbocycles. The second-order valence-corrected chi connectivity index (χ2v) is 5.73. The summed E-state index contributed by atoms with van der Waals surface area (Å²) in [5.74, 6) is -0.148. The Kier molecular flexibility index (Phi) is 6.40. The van der Waals surface area contributed by atoms with Crippen LogP contribution >= 0.6 is 23.2 Å². The van der Waals surface area contributed by atoms with Gasteiger partial charge in [0.15, 0.2) is 0 Å². The van der Waals surface area contributed by atoms with Crippen LogP contribution in [0.5, 0.6) is 0 Å². The molecule has 1 heterocycles. The molecule has 6 nitrogen and oxygen atoms in total. The van der Waals surface area contributed by atoms with E-state index in [4.69, 9.17) is 27.6 Å². The topological polar surface area (TPSA) is 83.7 Å². The van der Waals surface area contributed by atoms with Crippen LogP contribution in [0.2, 0.25) is 10.0 Å². The summed E-state index contributed by atoms with van der Waals surface area (Å²) in [7, 11) is 0. The van der Waals surface area contributed by atoms with E-state index < -0.39 is 0 Å². The Balaban J connectivity index is 1.79. The van der Waals surface area contributed by atoms with Crippen molar-refractivity contribution in [2.24, 2.45) is 5.10 Å². The van der Waals surface area contributed by atoms with Crippen molar-refractivity contribution in [2.75, 3.05) is 5.32 Å². The van der Waals surface area contributed by atoms with Gasteiger partial charge in [0.05, 0.1) is 17.0 Å². The summed E-state index contributed by atoms with van der Waals surface area (Å²) in [6.45, 7) is 1.70. The second-order valence-electron chi connectivity index (χ2n) is 4.88. The fourth-order valence-electron chi connectivity index (χ4n) is 1.77. The molecule has 0 radical (unpaired) electrons. The number of hydrazone groups is 1. The lowest BCUT2D eigenvalue weighted by Gasteiger charge is -2.07. The zero-order valence-electron chi connectivity index (χ0n) is 12.8. The van der Waals surface area contributed by atoms with Gasteiger partial charge in [0.25, 0.3) is 0 Å². The minimum atomic E-state index is -0.377. The molecule has 0 atom stereocenters. The summed E-state index contributed by atoms with van der Waals surface area (Å²) < 4.78 is 5.14. The first-order chi connectivity index (χ1) is 11.5. The molecule has 2 aromatic rings. The summed E-state index contributed by atoms with van der Waals surface area (Å²) in [6.07, 6.45) is 1.51. The Labute approximate surface area is 148 Å². The SMILES string of the molecule is CC(=NNC(=O)CCC(=O)Nc1ccc(Cl)cc1Cl)c1ccco1. The van der Waals surface area contributed by atoms with Crippen molar-refractivity contribution in [3.8, 4) is 0 Å². The van der Waals surface area contributed by atoms with Gasteiger partial charge in [0.1, 0.15) is 11.5 Å². The predicted molar refractivity (Wildman–Crippen MR) is 93.4 cm³/mol. The number of furan rings is 1. The van der Waals surface area contributed by atoms with Gasteiger partial charge in [0, 0.05) is 17.9 Å². The Hall–Kier alpha value is -2.31. The molecule has 2 N–H and O–H groups in total. The molecule has 0 spiro atoms. The van der Waals surface area contributed by atoms with Gasteiger partial charge in [-0.25, -0.2) is 5.43 Å². The largest absolute Gasteiger partial charge is 0.463 e. The van der Waals surface area contributed by atoms with E-state index in [1.165, 1.54) is 12.3 Å². The molecule has 0 saturated heterocycles. The van der Waals surface area contributed by atoms with Crippen LogP contribution in [-0.2, 0) is 9.59 Å². The fourth-order valence-corrected chi connectivity index (χ4v) is 2.23. The number of carbonyl (C=O) groups excluding carboxylic acids is 2.